The molecule has 1 aliphatic rings. The maximum absolute atomic E-state index is 10.3. The van der Waals surface area contributed by atoms with E-state index >= 15 is 0 Å². The second-order valence-corrected chi connectivity index (χ2v) is 3.17. The minimum atomic E-state index is -0.850. The van der Waals surface area contributed by atoms with E-state index in [1.807, 2.05) is 0 Å². The molecule has 0 amide bonds. The average molecular weight is 173 g/mol. The smallest absolute Gasteiger partial charge is 0.305 e. The monoisotopic (exact) mass is 173 g/mol. The zero-order valence-electron chi connectivity index (χ0n) is 7.03. The van der Waals surface area contributed by atoms with Gasteiger partial charge < -0.3 is 15.6 Å². The van der Waals surface area contributed by atoms with Crippen molar-refractivity contribution < 1.29 is 14.6 Å². The number of carboxylic acids is 1. The Morgan fingerprint density at radius 3 is 2.92 bits per heavy atom. The van der Waals surface area contributed by atoms with Crippen LogP contribution in [-0.2, 0) is 9.53 Å². The molecule has 2 atom stereocenters. The normalized spacial score (nSPS) is 26.6. The lowest BCUT2D eigenvalue weighted by Gasteiger charge is -2.26. The SMILES string of the molecule is N[C@H](CC(=O)O)C1CCCCO1. The van der Waals surface area contributed by atoms with Gasteiger partial charge in [0, 0.05) is 12.6 Å². The standard InChI is InChI=1S/C8H15NO3/c9-6(5-8(10)11)7-3-1-2-4-12-7/h6-7H,1-5,9H2,(H,10,11)/t6-,7?/m1/s1. The lowest BCUT2D eigenvalue weighted by Crippen LogP contribution is -2.40. The van der Waals surface area contributed by atoms with Gasteiger partial charge in [-0.25, -0.2) is 0 Å². The zero-order chi connectivity index (χ0) is 8.97. The van der Waals surface area contributed by atoms with Crippen LogP contribution in [0.5, 0.6) is 0 Å². The van der Waals surface area contributed by atoms with E-state index < -0.39 is 5.97 Å². The molecule has 12 heavy (non-hydrogen) atoms. The van der Waals surface area contributed by atoms with Crippen LogP contribution in [0.25, 0.3) is 0 Å². The summed E-state index contributed by atoms with van der Waals surface area (Å²) in [6.07, 6.45) is 3.02. The number of hydrogen-bond donors (Lipinski definition) is 2. The van der Waals surface area contributed by atoms with Gasteiger partial charge in [0.2, 0.25) is 0 Å². The van der Waals surface area contributed by atoms with Crippen molar-refractivity contribution in [3.8, 4) is 0 Å². The largest absolute Gasteiger partial charge is 0.481 e. The van der Waals surface area contributed by atoms with Crippen LogP contribution in [0.3, 0.4) is 0 Å². The van der Waals surface area contributed by atoms with E-state index in [0.29, 0.717) is 0 Å². The van der Waals surface area contributed by atoms with Crippen LogP contribution in [0, 0.1) is 0 Å². The number of carbonyl (C=O) groups is 1. The van der Waals surface area contributed by atoms with Crippen LogP contribution in [0.1, 0.15) is 25.7 Å². The van der Waals surface area contributed by atoms with E-state index in [4.69, 9.17) is 15.6 Å². The highest BCUT2D eigenvalue weighted by atomic mass is 16.5. The number of hydrogen-bond acceptors (Lipinski definition) is 3. The number of carboxylic acid groups (broad SMARTS) is 1. The molecule has 0 aromatic carbocycles. The second kappa shape index (κ2) is 4.42. The van der Waals surface area contributed by atoms with Crippen LogP contribution >= 0.6 is 0 Å². The molecule has 1 aliphatic heterocycles. The van der Waals surface area contributed by atoms with E-state index in [-0.39, 0.29) is 18.6 Å². The van der Waals surface area contributed by atoms with E-state index in [1.165, 1.54) is 0 Å². The maximum Gasteiger partial charge on any atom is 0.305 e. The number of rotatable bonds is 3. The molecule has 0 saturated carbocycles. The fraction of sp³-hybridized carbons (Fsp3) is 0.875. The third kappa shape index (κ3) is 2.79. The Kier molecular flexibility index (Phi) is 3.49. The summed E-state index contributed by atoms with van der Waals surface area (Å²) in [4.78, 5) is 10.3. The average Bonchev–Trinajstić information content (AvgIpc) is 2.05. The predicted octanol–water partition coefficient (Wildman–Crippen LogP) is 0.357. The molecule has 0 aromatic rings. The third-order valence-electron chi connectivity index (χ3n) is 2.10. The van der Waals surface area contributed by atoms with Gasteiger partial charge in [0.15, 0.2) is 0 Å². The Balaban J connectivity index is 2.29. The van der Waals surface area contributed by atoms with Gasteiger partial charge in [-0.2, -0.15) is 0 Å². The van der Waals surface area contributed by atoms with Crippen LogP contribution in [-0.4, -0.2) is 29.8 Å². The molecule has 0 aromatic heterocycles. The minimum absolute atomic E-state index is 0.00463. The first-order chi connectivity index (χ1) is 5.70. The van der Waals surface area contributed by atoms with Gasteiger partial charge in [0.1, 0.15) is 0 Å². The van der Waals surface area contributed by atoms with E-state index in [0.717, 1.165) is 25.9 Å². The van der Waals surface area contributed by atoms with Gasteiger partial charge in [-0.05, 0) is 19.3 Å². The van der Waals surface area contributed by atoms with Crippen LogP contribution in [0.4, 0.5) is 0 Å². The van der Waals surface area contributed by atoms with E-state index in [2.05, 4.69) is 0 Å². The second-order valence-electron chi connectivity index (χ2n) is 3.17. The molecule has 0 radical (unpaired) electrons. The molecule has 1 rings (SSSR count). The van der Waals surface area contributed by atoms with Gasteiger partial charge in [0.05, 0.1) is 12.5 Å². The van der Waals surface area contributed by atoms with Crippen molar-refractivity contribution in [2.45, 2.75) is 37.8 Å². The Bertz CT molecular complexity index is 154. The molecule has 4 heteroatoms. The quantitative estimate of drug-likeness (QED) is 0.646. The summed E-state index contributed by atoms with van der Waals surface area (Å²) in [6.45, 7) is 0.720. The molecule has 1 saturated heterocycles. The Morgan fingerprint density at radius 2 is 2.42 bits per heavy atom. The molecular weight excluding hydrogens is 158 g/mol. The first kappa shape index (κ1) is 9.48. The number of ether oxygens (including phenoxy) is 1. The van der Waals surface area contributed by atoms with Crippen molar-refractivity contribution in [1.29, 1.82) is 0 Å². The topological polar surface area (TPSA) is 72.6 Å². The van der Waals surface area contributed by atoms with Gasteiger partial charge in [-0.15, -0.1) is 0 Å². The first-order valence-corrected chi connectivity index (χ1v) is 4.29. The van der Waals surface area contributed by atoms with Gasteiger partial charge >= 0.3 is 5.97 Å². The van der Waals surface area contributed by atoms with Crippen molar-refractivity contribution in [3.63, 3.8) is 0 Å². The predicted molar refractivity (Wildman–Crippen MR) is 43.8 cm³/mol. The summed E-state index contributed by atoms with van der Waals surface area (Å²) < 4.78 is 5.35. The van der Waals surface area contributed by atoms with E-state index in [1.54, 1.807) is 0 Å². The van der Waals surface area contributed by atoms with Gasteiger partial charge in [-0.1, -0.05) is 0 Å². The van der Waals surface area contributed by atoms with E-state index in [9.17, 15) is 4.79 Å². The van der Waals surface area contributed by atoms with Gasteiger partial charge in [0.25, 0.3) is 0 Å². The Labute approximate surface area is 71.7 Å². The van der Waals surface area contributed by atoms with Crippen molar-refractivity contribution in [2.24, 2.45) is 5.73 Å². The summed E-state index contributed by atoms with van der Waals surface area (Å²) in [5.74, 6) is -0.850. The maximum atomic E-state index is 10.3. The summed E-state index contributed by atoms with van der Waals surface area (Å²) in [5.41, 5.74) is 5.64. The number of aliphatic carboxylic acids is 1. The highest BCUT2D eigenvalue weighted by Crippen LogP contribution is 2.16. The minimum Gasteiger partial charge on any atom is -0.481 e. The molecule has 70 valence electrons. The van der Waals surface area contributed by atoms with Gasteiger partial charge in [-0.3, -0.25) is 4.79 Å². The fourth-order valence-electron chi connectivity index (χ4n) is 1.44. The molecule has 0 spiro atoms. The lowest BCUT2D eigenvalue weighted by molar-refractivity contribution is -0.138. The third-order valence-corrected chi connectivity index (χ3v) is 2.10. The van der Waals surface area contributed by atoms with Crippen LogP contribution in [0.2, 0.25) is 0 Å². The molecule has 1 heterocycles. The molecule has 0 bridgehead atoms. The molecule has 4 nitrogen and oxygen atoms in total. The lowest BCUT2D eigenvalue weighted by atomic mass is 10.0. The van der Waals surface area contributed by atoms with Crippen molar-refractivity contribution in [3.05, 3.63) is 0 Å². The Morgan fingerprint density at radius 1 is 1.67 bits per heavy atom. The van der Waals surface area contributed by atoms with Crippen LogP contribution < -0.4 is 5.73 Å². The van der Waals surface area contributed by atoms with Crippen LogP contribution in [0.15, 0.2) is 0 Å². The zero-order valence-corrected chi connectivity index (χ0v) is 7.03. The highest BCUT2D eigenvalue weighted by Gasteiger charge is 2.22. The summed E-state index contributed by atoms with van der Waals surface area (Å²) in [7, 11) is 0. The first-order valence-electron chi connectivity index (χ1n) is 4.29. The molecule has 0 aliphatic carbocycles. The van der Waals surface area contributed by atoms with Crippen molar-refractivity contribution in [2.75, 3.05) is 6.61 Å². The Hall–Kier alpha value is -0.610. The fourth-order valence-corrected chi connectivity index (χ4v) is 1.44. The van der Waals surface area contributed by atoms with Crippen molar-refractivity contribution in [1.82, 2.24) is 0 Å². The summed E-state index contributed by atoms with van der Waals surface area (Å²) in [5, 5.41) is 8.48. The van der Waals surface area contributed by atoms with Crippen molar-refractivity contribution >= 4 is 5.97 Å². The molecule has 1 fully saturated rings. The molecule has 1 unspecified atom stereocenters. The molecule has 3 N–H and O–H groups in total. The summed E-state index contributed by atoms with van der Waals surface area (Å²) >= 11 is 0. The highest BCUT2D eigenvalue weighted by molar-refractivity contribution is 5.67. The number of nitrogens with two attached hydrogens (primary N) is 1. The molecular formula is C8H15NO3. The summed E-state index contributed by atoms with van der Waals surface area (Å²) in [6, 6.07) is -0.345.